The number of aromatic nitrogens is 5. The Balaban J connectivity index is 1.45. The van der Waals surface area contributed by atoms with Crippen LogP contribution in [0.5, 0.6) is 17.2 Å². The van der Waals surface area contributed by atoms with E-state index in [1.165, 1.54) is 6.33 Å². The zero-order valence-corrected chi connectivity index (χ0v) is 20.7. The summed E-state index contributed by atoms with van der Waals surface area (Å²) >= 11 is 0. The average Bonchev–Trinajstić information content (AvgIpc) is 3.30. The highest BCUT2D eigenvalue weighted by atomic mass is 16.5. The van der Waals surface area contributed by atoms with Crippen LogP contribution in [0.1, 0.15) is 27.7 Å². The van der Waals surface area contributed by atoms with Gasteiger partial charge in [0.05, 0.1) is 25.5 Å². The number of rotatable bonds is 9. The fourth-order valence-electron chi connectivity index (χ4n) is 4.01. The maximum absolute atomic E-state index is 13.0. The molecule has 1 N–H and O–H groups in total. The summed E-state index contributed by atoms with van der Waals surface area (Å²) in [6.07, 6.45) is 1.53. The number of ether oxygens (including phenoxy) is 3. The molecule has 4 rings (SSSR count). The Morgan fingerprint density at radius 3 is 2.20 bits per heavy atom. The van der Waals surface area contributed by atoms with E-state index in [-0.39, 0.29) is 6.03 Å². The number of fused-ring (bicyclic) bond motifs is 1. The molecule has 0 atom stereocenters. The fraction of sp³-hybridized carbons (Fsp3) is 0.522. The maximum Gasteiger partial charge on any atom is 0.321 e. The molecule has 1 aromatic carbocycles. The Bertz CT molecular complexity index is 1130. The van der Waals surface area contributed by atoms with E-state index in [9.17, 15) is 4.79 Å². The molecule has 12 heteroatoms. The number of amides is 2. The van der Waals surface area contributed by atoms with Crippen LogP contribution in [-0.4, -0.2) is 81.9 Å². The summed E-state index contributed by atoms with van der Waals surface area (Å²) in [4.78, 5) is 25.7. The van der Waals surface area contributed by atoms with E-state index >= 15 is 0 Å². The highest BCUT2D eigenvalue weighted by Crippen LogP contribution is 2.41. The van der Waals surface area contributed by atoms with Gasteiger partial charge < -0.3 is 29.3 Å². The molecule has 1 saturated heterocycles. The molecule has 3 heterocycles. The summed E-state index contributed by atoms with van der Waals surface area (Å²) < 4.78 is 19.0. The lowest BCUT2D eigenvalue weighted by Crippen LogP contribution is -2.50. The second-order valence-corrected chi connectivity index (χ2v) is 7.78. The summed E-state index contributed by atoms with van der Waals surface area (Å²) in [5.74, 6) is 2.35. The molecule has 2 aromatic heterocycles. The van der Waals surface area contributed by atoms with E-state index < -0.39 is 0 Å². The second-order valence-electron chi connectivity index (χ2n) is 7.78. The molecule has 12 nitrogen and oxygen atoms in total. The van der Waals surface area contributed by atoms with Gasteiger partial charge in [0.1, 0.15) is 6.33 Å². The number of aryl methyl sites for hydroxylation is 1. The predicted molar refractivity (Wildman–Crippen MR) is 132 cm³/mol. The van der Waals surface area contributed by atoms with Gasteiger partial charge in [-0.15, -0.1) is 5.10 Å². The summed E-state index contributed by atoms with van der Waals surface area (Å²) in [7, 11) is 0. The Labute approximate surface area is 204 Å². The monoisotopic (exact) mass is 484 g/mol. The Hall–Kier alpha value is -3.83. The molecule has 3 aromatic rings. The van der Waals surface area contributed by atoms with Gasteiger partial charge in [-0.2, -0.15) is 0 Å². The van der Waals surface area contributed by atoms with Crippen molar-refractivity contribution in [1.29, 1.82) is 0 Å². The van der Waals surface area contributed by atoms with Crippen molar-refractivity contribution in [2.75, 3.05) is 56.2 Å². The molecule has 0 saturated carbocycles. The molecule has 0 aliphatic carbocycles. The number of urea groups is 1. The minimum absolute atomic E-state index is 0.191. The van der Waals surface area contributed by atoms with Gasteiger partial charge in [0, 0.05) is 44.9 Å². The van der Waals surface area contributed by atoms with Crippen LogP contribution in [0.3, 0.4) is 0 Å². The molecule has 1 fully saturated rings. The Morgan fingerprint density at radius 1 is 0.943 bits per heavy atom. The number of benzene rings is 1. The Kier molecular flexibility index (Phi) is 7.68. The van der Waals surface area contributed by atoms with Crippen molar-refractivity contribution in [1.82, 2.24) is 29.9 Å². The normalized spacial score (nSPS) is 13.7. The highest BCUT2D eigenvalue weighted by Gasteiger charge is 2.25. The van der Waals surface area contributed by atoms with Crippen LogP contribution in [0.15, 0.2) is 18.5 Å². The third kappa shape index (κ3) is 5.15. The molecule has 1 aliphatic heterocycles. The van der Waals surface area contributed by atoms with Gasteiger partial charge >= 0.3 is 6.03 Å². The van der Waals surface area contributed by atoms with Crippen molar-refractivity contribution in [3.8, 4) is 17.2 Å². The predicted octanol–water partition coefficient (Wildman–Crippen LogP) is 2.79. The smallest absolute Gasteiger partial charge is 0.321 e. The van der Waals surface area contributed by atoms with Crippen molar-refractivity contribution in [3.05, 3.63) is 18.5 Å². The van der Waals surface area contributed by atoms with Gasteiger partial charge in [0.2, 0.25) is 5.75 Å². The molecular weight excluding hydrogens is 452 g/mol. The first-order valence-electron chi connectivity index (χ1n) is 12.0. The van der Waals surface area contributed by atoms with Gasteiger partial charge in [-0.25, -0.2) is 19.4 Å². The number of carbonyl (C=O) groups excluding carboxylic acids is 1. The van der Waals surface area contributed by atoms with Gasteiger partial charge in [0.25, 0.3) is 0 Å². The lowest BCUT2D eigenvalue weighted by molar-refractivity contribution is 0.208. The van der Waals surface area contributed by atoms with Crippen molar-refractivity contribution >= 4 is 28.7 Å². The Morgan fingerprint density at radius 2 is 1.60 bits per heavy atom. The zero-order chi connectivity index (χ0) is 24.8. The number of anilines is 2. The van der Waals surface area contributed by atoms with Gasteiger partial charge in [-0.3, -0.25) is 0 Å². The van der Waals surface area contributed by atoms with E-state index in [1.807, 2.05) is 27.7 Å². The zero-order valence-electron chi connectivity index (χ0n) is 20.7. The third-order valence-corrected chi connectivity index (χ3v) is 5.61. The van der Waals surface area contributed by atoms with E-state index in [0.29, 0.717) is 86.6 Å². The minimum atomic E-state index is -0.191. The molecule has 35 heavy (non-hydrogen) atoms. The molecular formula is C23H32N8O4. The number of piperazine rings is 1. The number of hydrogen-bond acceptors (Lipinski definition) is 9. The molecule has 0 bridgehead atoms. The topological polar surface area (TPSA) is 120 Å². The molecule has 0 unspecified atom stereocenters. The molecule has 2 amide bonds. The SMILES string of the molecule is CCOc1cc(NC(=O)N2CCN(c3ncnc4c3nnn4CC)CC2)cc(OCC)c1OCC. The van der Waals surface area contributed by atoms with E-state index in [4.69, 9.17) is 14.2 Å². The van der Waals surface area contributed by atoms with Crippen molar-refractivity contribution in [3.63, 3.8) is 0 Å². The first kappa shape index (κ1) is 24.3. The fourth-order valence-corrected chi connectivity index (χ4v) is 4.01. The summed E-state index contributed by atoms with van der Waals surface area (Å²) in [6, 6.07) is 3.34. The van der Waals surface area contributed by atoms with E-state index in [1.54, 1.807) is 21.7 Å². The van der Waals surface area contributed by atoms with Crippen LogP contribution in [0.4, 0.5) is 16.3 Å². The van der Waals surface area contributed by atoms with E-state index in [0.717, 1.165) is 5.82 Å². The van der Waals surface area contributed by atoms with Crippen molar-refractivity contribution in [2.45, 2.75) is 34.2 Å². The number of hydrogen-bond donors (Lipinski definition) is 1. The number of nitrogens with one attached hydrogen (secondary N) is 1. The number of nitrogens with zero attached hydrogens (tertiary/aromatic N) is 7. The lowest BCUT2D eigenvalue weighted by Gasteiger charge is -2.35. The van der Waals surface area contributed by atoms with Gasteiger partial charge in [-0.05, 0) is 27.7 Å². The van der Waals surface area contributed by atoms with Crippen LogP contribution < -0.4 is 24.4 Å². The van der Waals surface area contributed by atoms with Crippen molar-refractivity contribution in [2.24, 2.45) is 0 Å². The third-order valence-electron chi connectivity index (χ3n) is 5.61. The molecule has 0 radical (unpaired) electrons. The van der Waals surface area contributed by atoms with Crippen LogP contribution in [0, 0.1) is 0 Å². The maximum atomic E-state index is 13.0. The van der Waals surface area contributed by atoms with Crippen LogP contribution >= 0.6 is 0 Å². The summed E-state index contributed by atoms with van der Waals surface area (Å²) in [5.41, 5.74) is 1.97. The number of carbonyl (C=O) groups is 1. The van der Waals surface area contributed by atoms with E-state index in [2.05, 4.69) is 30.5 Å². The van der Waals surface area contributed by atoms with Gasteiger partial charge in [0.15, 0.2) is 28.5 Å². The summed E-state index contributed by atoms with van der Waals surface area (Å²) in [6.45, 7) is 12.1. The summed E-state index contributed by atoms with van der Waals surface area (Å²) in [5, 5.41) is 11.4. The van der Waals surface area contributed by atoms with Gasteiger partial charge in [-0.1, -0.05) is 5.21 Å². The molecule has 0 spiro atoms. The average molecular weight is 485 g/mol. The minimum Gasteiger partial charge on any atom is -0.490 e. The highest BCUT2D eigenvalue weighted by molar-refractivity contribution is 5.90. The standard InChI is InChI=1S/C23H32N8O4/c1-5-31-22-19(27-28-31)21(24-15-25-22)29-9-11-30(12-10-29)23(32)26-16-13-17(33-6-2)20(35-8-4)18(14-16)34-7-3/h13-15H,5-12H2,1-4H3,(H,26,32). The largest absolute Gasteiger partial charge is 0.490 e. The first-order valence-corrected chi connectivity index (χ1v) is 12.0. The van der Waals surface area contributed by atoms with Crippen molar-refractivity contribution < 1.29 is 19.0 Å². The van der Waals surface area contributed by atoms with Crippen LogP contribution in [0.2, 0.25) is 0 Å². The first-order chi connectivity index (χ1) is 17.1. The lowest BCUT2D eigenvalue weighted by atomic mass is 10.2. The molecule has 1 aliphatic rings. The second kappa shape index (κ2) is 11.1. The van der Waals surface area contributed by atoms with Crippen LogP contribution in [-0.2, 0) is 6.54 Å². The quantitative estimate of drug-likeness (QED) is 0.489. The van der Waals surface area contributed by atoms with Crippen LogP contribution in [0.25, 0.3) is 11.2 Å². The molecule has 188 valence electrons.